The van der Waals surface area contributed by atoms with E-state index in [1.54, 1.807) is 7.11 Å². The molecule has 0 atom stereocenters. The zero-order valence-electron chi connectivity index (χ0n) is 11.6. The Balaban J connectivity index is 2.08. The molecule has 102 valence electrons. The summed E-state index contributed by atoms with van der Waals surface area (Å²) in [6.07, 6.45) is 0. The van der Waals surface area contributed by atoms with Crippen molar-refractivity contribution in [2.24, 2.45) is 5.92 Å². The summed E-state index contributed by atoms with van der Waals surface area (Å²) in [6.45, 7) is 6.04. The summed E-state index contributed by atoms with van der Waals surface area (Å²) in [5, 5.41) is 7.41. The van der Waals surface area contributed by atoms with Crippen LogP contribution in [0.15, 0.2) is 34.9 Å². The molecule has 2 rings (SSSR count). The molecule has 4 nitrogen and oxygen atoms in total. The van der Waals surface area contributed by atoms with Gasteiger partial charge in [0, 0.05) is 12.6 Å². The normalized spacial score (nSPS) is 10.9. The Kier molecular flexibility index (Phi) is 4.58. The Labute approximate surface area is 113 Å². The molecule has 1 heterocycles. The molecule has 1 aromatic heterocycles. The summed E-state index contributed by atoms with van der Waals surface area (Å²) in [5.74, 6) is 2.15. The van der Waals surface area contributed by atoms with Crippen LogP contribution >= 0.6 is 0 Å². The molecule has 0 unspecified atom stereocenters. The van der Waals surface area contributed by atoms with Crippen molar-refractivity contribution in [2.75, 3.05) is 13.7 Å². The average Bonchev–Trinajstić information content (AvgIpc) is 2.87. The molecule has 0 aliphatic heterocycles. The summed E-state index contributed by atoms with van der Waals surface area (Å²) in [7, 11) is 1.65. The SMILES string of the molecule is COc1ccccc1-c1cc(CNCC(C)C)no1. The summed E-state index contributed by atoms with van der Waals surface area (Å²) in [5.41, 5.74) is 1.83. The first kappa shape index (κ1) is 13.6. The van der Waals surface area contributed by atoms with Crippen LogP contribution in [0, 0.1) is 5.92 Å². The molecule has 0 saturated carbocycles. The van der Waals surface area contributed by atoms with Gasteiger partial charge in [-0.1, -0.05) is 31.1 Å². The molecule has 19 heavy (non-hydrogen) atoms. The third-order valence-electron chi connectivity index (χ3n) is 2.79. The second kappa shape index (κ2) is 6.38. The Bertz CT molecular complexity index is 520. The van der Waals surface area contributed by atoms with Crippen LogP contribution < -0.4 is 10.1 Å². The van der Waals surface area contributed by atoms with Crippen LogP contribution in [0.25, 0.3) is 11.3 Å². The Hall–Kier alpha value is -1.81. The van der Waals surface area contributed by atoms with Crippen molar-refractivity contribution in [3.8, 4) is 17.1 Å². The molecule has 0 radical (unpaired) electrons. The monoisotopic (exact) mass is 260 g/mol. The quantitative estimate of drug-likeness (QED) is 0.867. The minimum atomic E-state index is 0.626. The van der Waals surface area contributed by atoms with Crippen molar-refractivity contribution in [1.82, 2.24) is 10.5 Å². The Morgan fingerprint density at radius 2 is 2.11 bits per heavy atom. The van der Waals surface area contributed by atoms with E-state index in [0.29, 0.717) is 5.92 Å². The molecule has 0 spiro atoms. The number of rotatable bonds is 6. The lowest BCUT2D eigenvalue weighted by Crippen LogP contribution is -2.18. The number of ether oxygens (including phenoxy) is 1. The number of hydrogen-bond donors (Lipinski definition) is 1. The average molecular weight is 260 g/mol. The maximum absolute atomic E-state index is 5.38. The predicted octanol–water partition coefficient (Wildman–Crippen LogP) is 3.10. The highest BCUT2D eigenvalue weighted by atomic mass is 16.5. The fraction of sp³-hybridized carbons (Fsp3) is 0.400. The second-order valence-corrected chi connectivity index (χ2v) is 4.91. The van der Waals surface area contributed by atoms with Crippen molar-refractivity contribution >= 4 is 0 Å². The van der Waals surface area contributed by atoms with Gasteiger partial charge in [-0.3, -0.25) is 0 Å². The van der Waals surface area contributed by atoms with Crippen LogP contribution in [0.3, 0.4) is 0 Å². The van der Waals surface area contributed by atoms with Gasteiger partial charge in [-0.2, -0.15) is 0 Å². The largest absolute Gasteiger partial charge is 0.496 e. The molecule has 0 aliphatic carbocycles. The van der Waals surface area contributed by atoms with Crippen LogP contribution in [0.5, 0.6) is 5.75 Å². The van der Waals surface area contributed by atoms with Gasteiger partial charge in [-0.05, 0) is 24.6 Å². The number of hydrogen-bond acceptors (Lipinski definition) is 4. The van der Waals surface area contributed by atoms with Gasteiger partial charge in [0.05, 0.1) is 18.4 Å². The van der Waals surface area contributed by atoms with Gasteiger partial charge in [0.1, 0.15) is 5.75 Å². The Morgan fingerprint density at radius 3 is 2.84 bits per heavy atom. The lowest BCUT2D eigenvalue weighted by molar-refractivity contribution is 0.402. The Morgan fingerprint density at radius 1 is 1.32 bits per heavy atom. The van der Waals surface area contributed by atoms with Gasteiger partial charge in [0.25, 0.3) is 0 Å². The van der Waals surface area contributed by atoms with E-state index in [0.717, 1.165) is 35.9 Å². The number of nitrogens with one attached hydrogen (secondary N) is 1. The molecular formula is C15H20N2O2. The van der Waals surface area contributed by atoms with E-state index < -0.39 is 0 Å². The maximum Gasteiger partial charge on any atom is 0.170 e. The molecule has 2 aromatic rings. The smallest absolute Gasteiger partial charge is 0.170 e. The first-order chi connectivity index (χ1) is 9.20. The lowest BCUT2D eigenvalue weighted by Gasteiger charge is -2.04. The van der Waals surface area contributed by atoms with Gasteiger partial charge in [0.2, 0.25) is 0 Å². The third kappa shape index (κ3) is 3.58. The molecule has 1 N–H and O–H groups in total. The molecule has 0 amide bonds. The number of benzene rings is 1. The van der Waals surface area contributed by atoms with Crippen molar-refractivity contribution in [2.45, 2.75) is 20.4 Å². The van der Waals surface area contributed by atoms with Crippen molar-refractivity contribution in [1.29, 1.82) is 0 Å². The van der Waals surface area contributed by atoms with Gasteiger partial charge >= 0.3 is 0 Å². The van der Waals surface area contributed by atoms with Crippen molar-refractivity contribution in [3.63, 3.8) is 0 Å². The third-order valence-corrected chi connectivity index (χ3v) is 2.79. The highest BCUT2D eigenvalue weighted by Crippen LogP contribution is 2.29. The minimum Gasteiger partial charge on any atom is -0.496 e. The maximum atomic E-state index is 5.38. The number of methoxy groups -OCH3 is 1. The minimum absolute atomic E-state index is 0.626. The van der Waals surface area contributed by atoms with Crippen LogP contribution in [0.4, 0.5) is 0 Å². The molecule has 0 fully saturated rings. The molecule has 0 aliphatic rings. The number of nitrogens with zero attached hydrogens (tertiary/aromatic N) is 1. The number of aromatic nitrogens is 1. The zero-order valence-corrected chi connectivity index (χ0v) is 11.6. The van der Waals surface area contributed by atoms with Crippen LogP contribution in [0.1, 0.15) is 19.5 Å². The van der Waals surface area contributed by atoms with Crippen LogP contribution in [-0.4, -0.2) is 18.8 Å². The highest BCUT2D eigenvalue weighted by Gasteiger charge is 2.11. The van der Waals surface area contributed by atoms with Gasteiger partial charge in [-0.15, -0.1) is 0 Å². The summed E-state index contributed by atoms with van der Waals surface area (Å²) >= 11 is 0. The van der Waals surface area contributed by atoms with E-state index in [-0.39, 0.29) is 0 Å². The summed E-state index contributed by atoms with van der Waals surface area (Å²) in [6, 6.07) is 9.71. The lowest BCUT2D eigenvalue weighted by atomic mass is 10.1. The molecule has 4 heteroatoms. The fourth-order valence-electron chi connectivity index (χ4n) is 1.86. The molecule has 1 aromatic carbocycles. The molecule has 0 saturated heterocycles. The van der Waals surface area contributed by atoms with Crippen LogP contribution in [0.2, 0.25) is 0 Å². The van der Waals surface area contributed by atoms with E-state index in [2.05, 4.69) is 24.3 Å². The van der Waals surface area contributed by atoms with E-state index in [1.165, 1.54) is 0 Å². The second-order valence-electron chi connectivity index (χ2n) is 4.91. The predicted molar refractivity (Wildman–Crippen MR) is 75.0 cm³/mol. The summed E-state index contributed by atoms with van der Waals surface area (Å²) in [4.78, 5) is 0. The van der Waals surface area contributed by atoms with E-state index in [1.807, 2.05) is 30.3 Å². The van der Waals surface area contributed by atoms with E-state index in [4.69, 9.17) is 9.26 Å². The molecular weight excluding hydrogens is 240 g/mol. The fourth-order valence-corrected chi connectivity index (χ4v) is 1.86. The first-order valence-corrected chi connectivity index (χ1v) is 6.50. The first-order valence-electron chi connectivity index (χ1n) is 6.50. The zero-order chi connectivity index (χ0) is 13.7. The van der Waals surface area contributed by atoms with Gasteiger partial charge < -0.3 is 14.6 Å². The highest BCUT2D eigenvalue weighted by molar-refractivity contribution is 5.65. The molecule has 0 bridgehead atoms. The standard InChI is InChI=1S/C15H20N2O2/c1-11(2)9-16-10-12-8-15(19-17-12)13-6-4-5-7-14(13)18-3/h4-8,11,16H,9-10H2,1-3H3. The van der Waals surface area contributed by atoms with Crippen molar-refractivity contribution < 1.29 is 9.26 Å². The topological polar surface area (TPSA) is 47.3 Å². The van der Waals surface area contributed by atoms with Gasteiger partial charge in [0.15, 0.2) is 5.76 Å². The van der Waals surface area contributed by atoms with E-state index in [9.17, 15) is 0 Å². The van der Waals surface area contributed by atoms with Crippen molar-refractivity contribution in [3.05, 3.63) is 36.0 Å². The number of para-hydroxylation sites is 1. The summed E-state index contributed by atoms with van der Waals surface area (Å²) < 4.78 is 10.7. The van der Waals surface area contributed by atoms with Gasteiger partial charge in [-0.25, -0.2) is 0 Å². The van der Waals surface area contributed by atoms with E-state index >= 15 is 0 Å². The van der Waals surface area contributed by atoms with Crippen LogP contribution in [-0.2, 0) is 6.54 Å².